The molecule has 34 heavy (non-hydrogen) atoms. The maximum absolute atomic E-state index is 11.8. The van der Waals surface area contributed by atoms with Crippen molar-refractivity contribution in [2.45, 2.75) is 58.1 Å². The fourth-order valence-electron chi connectivity index (χ4n) is 3.75. The van der Waals surface area contributed by atoms with Crippen molar-refractivity contribution in [3.8, 4) is 0 Å². The zero-order valence-electron chi connectivity index (χ0n) is 20.7. The van der Waals surface area contributed by atoms with Crippen molar-refractivity contribution >= 4 is 33.5 Å². The number of aromatic nitrogens is 2. The fourth-order valence-corrected chi connectivity index (χ4v) is 3.99. The average molecular weight is 537 g/mol. The summed E-state index contributed by atoms with van der Waals surface area (Å²) in [5.74, 6) is 0.629. The van der Waals surface area contributed by atoms with E-state index in [1.54, 1.807) is 19.4 Å². The number of hydrogen-bond donors (Lipinski definition) is 3. The predicted octanol–water partition coefficient (Wildman–Crippen LogP) is 4.46. The van der Waals surface area contributed by atoms with Crippen LogP contribution >= 0.6 is 15.9 Å². The van der Waals surface area contributed by atoms with E-state index in [9.17, 15) is 9.90 Å². The van der Waals surface area contributed by atoms with E-state index in [4.69, 9.17) is 9.72 Å². The lowest BCUT2D eigenvalue weighted by Crippen LogP contribution is -2.38. The molecule has 0 aliphatic carbocycles. The number of anilines is 2. The second-order valence-corrected chi connectivity index (χ2v) is 9.32. The lowest BCUT2D eigenvalue weighted by Gasteiger charge is -2.26. The molecule has 0 aliphatic rings. The number of carboxylic acid groups (broad SMARTS) is 1. The number of aryl methyl sites for hydroxylation is 2. The maximum atomic E-state index is 11.8. The van der Waals surface area contributed by atoms with Gasteiger partial charge in [0.15, 0.2) is 0 Å². The molecule has 9 heteroatoms. The number of ether oxygens (including phenoxy) is 1. The van der Waals surface area contributed by atoms with E-state index >= 15 is 0 Å². The third-order valence-electron chi connectivity index (χ3n) is 5.81. The third kappa shape index (κ3) is 9.56. The van der Waals surface area contributed by atoms with Crippen LogP contribution in [0, 0.1) is 0 Å². The van der Waals surface area contributed by atoms with Gasteiger partial charge < -0.3 is 25.4 Å². The number of rotatable bonds is 16. The molecule has 0 spiro atoms. The van der Waals surface area contributed by atoms with Gasteiger partial charge in [-0.05, 0) is 85.3 Å². The Bertz CT molecular complexity index is 881. The van der Waals surface area contributed by atoms with Crippen LogP contribution in [0.1, 0.15) is 44.4 Å². The van der Waals surface area contributed by atoms with Crippen LogP contribution in [-0.2, 0) is 22.4 Å². The maximum Gasteiger partial charge on any atom is 0.326 e. The van der Waals surface area contributed by atoms with E-state index in [1.807, 2.05) is 20.0 Å². The number of nitrogens with zero attached hydrogens (tertiary/aromatic N) is 3. The predicted molar refractivity (Wildman–Crippen MR) is 141 cm³/mol. The molecule has 0 saturated heterocycles. The van der Waals surface area contributed by atoms with Crippen LogP contribution in [0.25, 0.3) is 0 Å². The Kier molecular flexibility index (Phi) is 12.3. The summed E-state index contributed by atoms with van der Waals surface area (Å²) >= 11 is 3.35. The number of unbranched alkanes of at least 4 members (excludes halogenated alkanes) is 1. The number of carbonyl (C=O) groups is 1. The Hall–Kier alpha value is -2.23. The Morgan fingerprint density at radius 1 is 1.24 bits per heavy atom. The minimum absolute atomic E-state index is 0.0748. The van der Waals surface area contributed by atoms with Crippen LogP contribution in [0.4, 0.5) is 11.6 Å². The van der Waals surface area contributed by atoms with Crippen molar-refractivity contribution in [1.82, 2.24) is 14.9 Å². The number of halogens is 1. The highest BCUT2D eigenvalue weighted by Crippen LogP contribution is 2.16. The van der Waals surface area contributed by atoms with Gasteiger partial charge in [0.25, 0.3) is 0 Å². The zero-order chi connectivity index (χ0) is 24.9. The Balaban J connectivity index is 1.89. The topological polar surface area (TPSA) is 99.6 Å². The minimum Gasteiger partial charge on any atom is -0.480 e. The SMILES string of the molecule is CCc1ccc(CCCCN(CCC(Nc2ccc(Br)cn2)C(=O)O)C[C@@H](C)OC)nc1NC. The zero-order valence-corrected chi connectivity index (χ0v) is 22.3. The molecule has 0 fully saturated rings. The van der Waals surface area contributed by atoms with Crippen LogP contribution in [0.3, 0.4) is 0 Å². The second kappa shape index (κ2) is 14.9. The first-order valence-electron chi connectivity index (χ1n) is 11.9. The fraction of sp³-hybridized carbons (Fsp3) is 0.560. The Morgan fingerprint density at radius 3 is 2.65 bits per heavy atom. The highest BCUT2D eigenvalue weighted by Gasteiger charge is 2.20. The molecule has 0 bridgehead atoms. The van der Waals surface area contributed by atoms with Gasteiger partial charge in [-0.15, -0.1) is 0 Å². The lowest BCUT2D eigenvalue weighted by molar-refractivity contribution is -0.138. The average Bonchev–Trinajstić information content (AvgIpc) is 2.84. The molecule has 2 atom stereocenters. The summed E-state index contributed by atoms with van der Waals surface area (Å²) in [6, 6.07) is 7.16. The molecule has 0 saturated carbocycles. The van der Waals surface area contributed by atoms with Crippen LogP contribution in [0.2, 0.25) is 0 Å². The molecular weight excluding hydrogens is 498 g/mol. The molecule has 0 radical (unpaired) electrons. The number of carboxylic acids is 1. The molecule has 2 heterocycles. The van der Waals surface area contributed by atoms with E-state index in [1.165, 1.54) is 5.56 Å². The summed E-state index contributed by atoms with van der Waals surface area (Å²) in [6.45, 7) is 6.45. The summed E-state index contributed by atoms with van der Waals surface area (Å²) in [5.41, 5.74) is 2.32. The van der Waals surface area contributed by atoms with Gasteiger partial charge in [0.05, 0.1) is 6.10 Å². The van der Waals surface area contributed by atoms with Crippen molar-refractivity contribution in [2.24, 2.45) is 0 Å². The molecule has 2 aromatic rings. The number of nitrogens with one attached hydrogen (secondary N) is 2. The van der Waals surface area contributed by atoms with Crippen LogP contribution < -0.4 is 10.6 Å². The first-order valence-corrected chi connectivity index (χ1v) is 12.7. The van der Waals surface area contributed by atoms with Crippen molar-refractivity contribution in [1.29, 1.82) is 0 Å². The highest BCUT2D eigenvalue weighted by atomic mass is 79.9. The number of aliphatic carboxylic acids is 1. The summed E-state index contributed by atoms with van der Waals surface area (Å²) < 4.78 is 6.31. The Morgan fingerprint density at radius 2 is 2.03 bits per heavy atom. The molecule has 0 amide bonds. The monoisotopic (exact) mass is 535 g/mol. The normalized spacial score (nSPS) is 13.0. The van der Waals surface area contributed by atoms with Crippen molar-refractivity contribution in [3.63, 3.8) is 0 Å². The van der Waals surface area contributed by atoms with Crippen molar-refractivity contribution < 1.29 is 14.6 Å². The number of hydrogen-bond acceptors (Lipinski definition) is 7. The van der Waals surface area contributed by atoms with Gasteiger partial charge >= 0.3 is 5.97 Å². The van der Waals surface area contributed by atoms with Crippen molar-refractivity contribution in [3.05, 3.63) is 46.2 Å². The van der Waals surface area contributed by atoms with Gasteiger partial charge in [0.2, 0.25) is 0 Å². The third-order valence-corrected chi connectivity index (χ3v) is 6.28. The molecular formula is C25H38BrN5O3. The summed E-state index contributed by atoms with van der Waals surface area (Å²) in [4.78, 5) is 23.1. The molecule has 0 aliphatic heterocycles. The summed E-state index contributed by atoms with van der Waals surface area (Å²) in [7, 11) is 3.61. The summed E-state index contributed by atoms with van der Waals surface area (Å²) in [5, 5.41) is 15.9. The van der Waals surface area contributed by atoms with E-state index in [2.05, 4.69) is 55.5 Å². The molecule has 8 nitrogen and oxygen atoms in total. The largest absolute Gasteiger partial charge is 0.480 e. The second-order valence-electron chi connectivity index (χ2n) is 8.40. The van der Waals surface area contributed by atoms with Gasteiger partial charge in [-0.1, -0.05) is 13.0 Å². The Labute approximate surface area is 211 Å². The number of methoxy groups -OCH3 is 1. The minimum atomic E-state index is -0.883. The van der Waals surface area contributed by atoms with Gasteiger partial charge in [-0.2, -0.15) is 0 Å². The van der Waals surface area contributed by atoms with E-state index in [0.717, 1.165) is 54.8 Å². The van der Waals surface area contributed by atoms with Gasteiger partial charge in [0, 0.05) is 43.6 Å². The van der Waals surface area contributed by atoms with E-state index in [0.29, 0.717) is 18.8 Å². The summed E-state index contributed by atoms with van der Waals surface area (Å²) in [6.07, 6.45) is 6.09. The molecule has 188 valence electrons. The molecule has 2 aromatic heterocycles. The molecule has 1 unspecified atom stereocenters. The van der Waals surface area contributed by atoms with Crippen LogP contribution in [0.5, 0.6) is 0 Å². The smallest absolute Gasteiger partial charge is 0.326 e. The van der Waals surface area contributed by atoms with Gasteiger partial charge in [-0.3, -0.25) is 0 Å². The van der Waals surface area contributed by atoms with Gasteiger partial charge in [-0.25, -0.2) is 14.8 Å². The standard InChI is InChI=1S/C25H38BrN5O3/c1-5-19-9-11-21(29-24(19)27-3)8-6-7-14-31(17-18(2)34-4)15-13-22(25(32)33)30-23-12-10-20(26)16-28-23/h9-12,16,18,22H,5-8,13-15,17H2,1-4H3,(H,27,29)(H,28,30)(H,32,33)/t18-,22?/m1/s1. The first kappa shape index (κ1) is 28.0. The first-order chi connectivity index (χ1) is 16.4. The van der Waals surface area contributed by atoms with Crippen molar-refractivity contribution in [2.75, 3.05) is 44.4 Å². The quantitative estimate of drug-likeness (QED) is 0.271. The van der Waals surface area contributed by atoms with Gasteiger partial charge in [0.1, 0.15) is 17.7 Å². The number of pyridine rings is 2. The van der Waals surface area contributed by atoms with Crippen LogP contribution in [-0.4, -0.2) is 71.9 Å². The molecule has 2 rings (SSSR count). The van der Waals surface area contributed by atoms with E-state index in [-0.39, 0.29) is 6.10 Å². The van der Waals surface area contributed by atoms with Crippen LogP contribution in [0.15, 0.2) is 34.9 Å². The highest BCUT2D eigenvalue weighted by molar-refractivity contribution is 9.10. The van der Waals surface area contributed by atoms with E-state index < -0.39 is 12.0 Å². The lowest BCUT2D eigenvalue weighted by atomic mass is 10.1. The molecule has 0 aromatic carbocycles. The molecule has 3 N–H and O–H groups in total.